The molecule has 1 N–H and O–H groups in total. The minimum Gasteiger partial charge on any atom is -0.496 e. The molecule has 2 nitrogen and oxygen atoms in total. The fourth-order valence-electron chi connectivity index (χ4n) is 2.17. The summed E-state index contributed by atoms with van der Waals surface area (Å²) < 4.78 is 5.33. The SMILES string of the molecule is COc1ccc(Cl)cc1CNCCCc1ccccc1. The number of nitrogens with one attached hydrogen (secondary N) is 1. The number of halogens is 1. The highest BCUT2D eigenvalue weighted by molar-refractivity contribution is 6.30. The molecule has 0 saturated heterocycles. The van der Waals surface area contributed by atoms with Gasteiger partial charge in [-0.1, -0.05) is 41.9 Å². The van der Waals surface area contributed by atoms with Crippen LogP contribution in [0.15, 0.2) is 48.5 Å². The van der Waals surface area contributed by atoms with E-state index in [1.54, 1.807) is 7.11 Å². The number of hydrogen-bond acceptors (Lipinski definition) is 2. The molecule has 0 bridgehead atoms. The third-order valence-corrected chi connectivity index (χ3v) is 3.45. The Hall–Kier alpha value is -1.51. The van der Waals surface area contributed by atoms with Crippen molar-refractivity contribution in [3.05, 3.63) is 64.7 Å². The molecule has 20 heavy (non-hydrogen) atoms. The van der Waals surface area contributed by atoms with E-state index >= 15 is 0 Å². The van der Waals surface area contributed by atoms with E-state index in [0.29, 0.717) is 0 Å². The molecule has 0 aliphatic rings. The lowest BCUT2D eigenvalue weighted by Crippen LogP contribution is -2.15. The molecule has 0 unspecified atom stereocenters. The van der Waals surface area contributed by atoms with Crippen molar-refractivity contribution in [2.45, 2.75) is 19.4 Å². The smallest absolute Gasteiger partial charge is 0.123 e. The standard InChI is InChI=1S/C17H20ClNO/c1-20-17-10-9-16(18)12-15(17)13-19-11-5-8-14-6-3-2-4-7-14/h2-4,6-7,9-10,12,19H,5,8,11,13H2,1H3. The maximum absolute atomic E-state index is 6.01. The Balaban J connectivity index is 1.75. The number of aryl methyl sites for hydroxylation is 1. The van der Waals surface area contributed by atoms with Gasteiger partial charge in [0, 0.05) is 17.1 Å². The summed E-state index contributed by atoms with van der Waals surface area (Å²) in [5, 5.41) is 4.18. The molecule has 0 radical (unpaired) electrons. The van der Waals surface area contributed by atoms with Gasteiger partial charge in [-0.05, 0) is 43.1 Å². The van der Waals surface area contributed by atoms with Crippen LogP contribution in [0.1, 0.15) is 17.5 Å². The Bertz CT molecular complexity index is 528. The molecule has 0 aliphatic heterocycles. The van der Waals surface area contributed by atoms with Crippen LogP contribution in [0.2, 0.25) is 5.02 Å². The summed E-state index contributed by atoms with van der Waals surface area (Å²) in [5.41, 5.74) is 2.48. The lowest BCUT2D eigenvalue weighted by atomic mass is 10.1. The first-order valence-corrected chi connectivity index (χ1v) is 7.24. The van der Waals surface area contributed by atoms with Crippen molar-refractivity contribution >= 4 is 11.6 Å². The van der Waals surface area contributed by atoms with E-state index in [-0.39, 0.29) is 0 Å². The zero-order valence-corrected chi connectivity index (χ0v) is 12.5. The Kier molecular flexibility index (Phi) is 5.90. The third kappa shape index (κ3) is 4.55. The molecule has 2 aromatic rings. The van der Waals surface area contributed by atoms with Crippen molar-refractivity contribution in [2.24, 2.45) is 0 Å². The molecule has 3 heteroatoms. The first-order valence-electron chi connectivity index (χ1n) is 6.86. The van der Waals surface area contributed by atoms with E-state index in [2.05, 4.69) is 29.6 Å². The molecular weight excluding hydrogens is 270 g/mol. The predicted octanol–water partition coefficient (Wildman–Crippen LogP) is 4.07. The van der Waals surface area contributed by atoms with E-state index in [9.17, 15) is 0 Å². The second-order valence-electron chi connectivity index (χ2n) is 4.72. The summed E-state index contributed by atoms with van der Waals surface area (Å²) >= 11 is 6.01. The second-order valence-corrected chi connectivity index (χ2v) is 5.16. The number of benzene rings is 2. The van der Waals surface area contributed by atoms with Gasteiger partial charge in [-0.3, -0.25) is 0 Å². The fraction of sp³-hybridized carbons (Fsp3) is 0.294. The van der Waals surface area contributed by atoms with Gasteiger partial charge >= 0.3 is 0 Å². The van der Waals surface area contributed by atoms with Crippen molar-refractivity contribution in [3.63, 3.8) is 0 Å². The quantitative estimate of drug-likeness (QED) is 0.776. The summed E-state index contributed by atoms with van der Waals surface area (Å²) in [4.78, 5) is 0. The lowest BCUT2D eigenvalue weighted by molar-refractivity contribution is 0.407. The average Bonchev–Trinajstić information content (AvgIpc) is 2.48. The van der Waals surface area contributed by atoms with Crippen LogP contribution in [-0.2, 0) is 13.0 Å². The van der Waals surface area contributed by atoms with Crippen LogP contribution in [0.3, 0.4) is 0 Å². The third-order valence-electron chi connectivity index (χ3n) is 3.22. The summed E-state index contributed by atoms with van der Waals surface area (Å²) in [5.74, 6) is 0.880. The fourth-order valence-corrected chi connectivity index (χ4v) is 2.37. The largest absolute Gasteiger partial charge is 0.496 e. The molecule has 2 rings (SSSR count). The first kappa shape index (κ1) is 14.9. The average molecular weight is 290 g/mol. The van der Waals surface area contributed by atoms with Crippen molar-refractivity contribution in [1.29, 1.82) is 0 Å². The molecule has 0 fully saturated rings. The summed E-state index contributed by atoms with van der Waals surface area (Å²) in [7, 11) is 1.68. The molecule has 0 spiro atoms. The molecule has 0 aromatic heterocycles. The minimum absolute atomic E-state index is 0.742. The van der Waals surface area contributed by atoms with Crippen molar-refractivity contribution in [2.75, 3.05) is 13.7 Å². The van der Waals surface area contributed by atoms with Crippen LogP contribution in [0.5, 0.6) is 5.75 Å². The Labute approximate surface area is 125 Å². The number of rotatable bonds is 7. The zero-order chi connectivity index (χ0) is 14.2. The van der Waals surface area contributed by atoms with E-state index in [0.717, 1.165) is 42.3 Å². The number of methoxy groups -OCH3 is 1. The lowest BCUT2D eigenvalue weighted by Gasteiger charge is -2.10. The van der Waals surface area contributed by atoms with Crippen molar-refractivity contribution in [3.8, 4) is 5.75 Å². The molecule has 0 heterocycles. The van der Waals surface area contributed by atoms with Gasteiger partial charge < -0.3 is 10.1 Å². The van der Waals surface area contributed by atoms with Crippen LogP contribution < -0.4 is 10.1 Å². The van der Waals surface area contributed by atoms with Gasteiger partial charge in [-0.15, -0.1) is 0 Å². The van der Waals surface area contributed by atoms with E-state index in [4.69, 9.17) is 16.3 Å². The van der Waals surface area contributed by atoms with E-state index in [1.807, 2.05) is 24.3 Å². The van der Waals surface area contributed by atoms with Crippen LogP contribution in [0.25, 0.3) is 0 Å². The molecule has 2 aromatic carbocycles. The molecule has 0 amide bonds. The van der Waals surface area contributed by atoms with Crippen LogP contribution in [0, 0.1) is 0 Å². The van der Waals surface area contributed by atoms with Gasteiger partial charge in [0.25, 0.3) is 0 Å². The monoisotopic (exact) mass is 289 g/mol. The maximum atomic E-state index is 6.01. The number of ether oxygens (including phenoxy) is 1. The van der Waals surface area contributed by atoms with Crippen LogP contribution in [-0.4, -0.2) is 13.7 Å². The highest BCUT2D eigenvalue weighted by Crippen LogP contribution is 2.22. The first-order chi connectivity index (χ1) is 9.79. The Morgan fingerprint density at radius 2 is 1.90 bits per heavy atom. The van der Waals surface area contributed by atoms with Gasteiger partial charge in [-0.25, -0.2) is 0 Å². The zero-order valence-electron chi connectivity index (χ0n) is 11.7. The highest BCUT2D eigenvalue weighted by atomic mass is 35.5. The predicted molar refractivity (Wildman–Crippen MR) is 84.5 cm³/mol. The normalized spacial score (nSPS) is 10.5. The minimum atomic E-state index is 0.742. The van der Waals surface area contributed by atoms with Crippen LogP contribution in [0.4, 0.5) is 0 Å². The topological polar surface area (TPSA) is 21.3 Å². The van der Waals surface area contributed by atoms with E-state index < -0.39 is 0 Å². The molecule has 0 saturated carbocycles. The van der Waals surface area contributed by atoms with Gasteiger partial charge in [0.1, 0.15) is 5.75 Å². The second kappa shape index (κ2) is 7.93. The Morgan fingerprint density at radius 1 is 1.10 bits per heavy atom. The maximum Gasteiger partial charge on any atom is 0.123 e. The van der Waals surface area contributed by atoms with Crippen LogP contribution >= 0.6 is 11.6 Å². The van der Waals surface area contributed by atoms with Gasteiger partial charge in [0.05, 0.1) is 7.11 Å². The van der Waals surface area contributed by atoms with Gasteiger partial charge in [0.15, 0.2) is 0 Å². The van der Waals surface area contributed by atoms with Crippen molar-refractivity contribution in [1.82, 2.24) is 5.32 Å². The van der Waals surface area contributed by atoms with E-state index in [1.165, 1.54) is 5.56 Å². The molecule has 0 atom stereocenters. The van der Waals surface area contributed by atoms with Crippen molar-refractivity contribution < 1.29 is 4.74 Å². The summed E-state index contributed by atoms with van der Waals surface area (Å²) in [6.07, 6.45) is 2.22. The molecule has 0 aliphatic carbocycles. The molecular formula is C17H20ClNO. The van der Waals surface area contributed by atoms with Gasteiger partial charge in [0.2, 0.25) is 0 Å². The summed E-state index contributed by atoms with van der Waals surface area (Å²) in [6.45, 7) is 1.75. The Morgan fingerprint density at radius 3 is 2.65 bits per heavy atom. The van der Waals surface area contributed by atoms with Gasteiger partial charge in [-0.2, -0.15) is 0 Å². The molecule has 106 valence electrons. The summed E-state index contributed by atoms with van der Waals surface area (Å²) in [6, 6.07) is 16.2. The highest BCUT2D eigenvalue weighted by Gasteiger charge is 2.03. The number of hydrogen-bond donors (Lipinski definition) is 1.